The number of carbonyl (C=O) groups excluding carboxylic acids is 1. The number of nitrogens with zero attached hydrogens (tertiary/aromatic N) is 1. The van der Waals surface area contributed by atoms with Crippen LogP contribution in [0.4, 0.5) is 10.1 Å². The number of nitrogens with one attached hydrogen (secondary N) is 1. The molecule has 0 fully saturated rings. The van der Waals surface area contributed by atoms with Gasteiger partial charge in [-0.3, -0.25) is 9.10 Å². The lowest BCUT2D eigenvalue weighted by Gasteiger charge is -2.23. The van der Waals surface area contributed by atoms with Crippen molar-refractivity contribution in [3.8, 4) is 0 Å². The molecule has 1 unspecified atom stereocenters. The van der Waals surface area contributed by atoms with Crippen LogP contribution in [0.25, 0.3) is 0 Å². The summed E-state index contributed by atoms with van der Waals surface area (Å²) >= 11 is 5.73. The Hall–Kier alpha value is -2.12. The van der Waals surface area contributed by atoms with Crippen LogP contribution in [0.2, 0.25) is 5.02 Å². The Morgan fingerprint density at radius 1 is 1.23 bits per heavy atom. The quantitative estimate of drug-likeness (QED) is 0.776. The second-order valence-corrected chi connectivity index (χ2v) is 8.20. The molecule has 2 aromatic rings. The molecule has 2 rings (SSSR count). The number of hydrogen-bond donors (Lipinski definition) is 1. The van der Waals surface area contributed by atoms with Crippen LogP contribution >= 0.6 is 11.6 Å². The minimum absolute atomic E-state index is 0.0424. The molecule has 26 heavy (non-hydrogen) atoms. The molecule has 0 saturated heterocycles. The maximum atomic E-state index is 13.3. The van der Waals surface area contributed by atoms with Crippen LogP contribution in [0, 0.1) is 5.82 Å². The van der Waals surface area contributed by atoms with E-state index in [2.05, 4.69) is 5.32 Å². The molecule has 0 heterocycles. The van der Waals surface area contributed by atoms with Crippen molar-refractivity contribution < 1.29 is 17.6 Å². The second-order valence-electron chi connectivity index (χ2n) is 5.88. The summed E-state index contributed by atoms with van der Waals surface area (Å²) in [5, 5.41) is 2.65. The van der Waals surface area contributed by atoms with E-state index in [0.717, 1.165) is 22.2 Å². The van der Waals surface area contributed by atoms with Gasteiger partial charge in [0.1, 0.15) is 5.82 Å². The van der Waals surface area contributed by atoms with Gasteiger partial charge in [0.15, 0.2) is 0 Å². The highest BCUT2D eigenvalue weighted by Gasteiger charge is 2.20. The van der Waals surface area contributed by atoms with Crippen molar-refractivity contribution in [2.75, 3.05) is 17.1 Å². The zero-order valence-electron chi connectivity index (χ0n) is 14.4. The maximum Gasteiger partial charge on any atom is 0.232 e. The minimum atomic E-state index is -3.65. The van der Waals surface area contributed by atoms with Crippen molar-refractivity contribution in [3.05, 3.63) is 64.9 Å². The van der Waals surface area contributed by atoms with Gasteiger partial charge in [0.05, 0.1) is 23.0 Å². The lowest BCUT2D eigenvalue weighted by Crippen LogP contribution is -2.35. The van der Waals surface area contributed by atoms with Crippen LogP contribution in [0.5, 0.6) is 0 Å². The summed E-state index contributed by atoms with van der Waals surface area (Å²) in [4.78, 5) is 12.2. The Morgan fingerprint density at radius 3 is 2.46 bits per heavy atom. The van der Waals surface area contributed by atoms with Gasteiger partial charge < -0.3 is 5.32 Å². The predicted octanol–water partition coefficient (Wildman–Crippen LogP) is 3.51. The Kier molecular flexibility index (Phi) is 6.61. The molecule has 5 nitrogen and oxygen atoms in total. The van der Waals surface area contributed by atoms with E-state index in [-0.39, 0.29) is 35.6 Å². The first-order valence-electron chi connectivity index (χ1n) is 7.95. The number of amides is 1. The zero-order valence-corrected chi connectivity index (χ0v) is 16.0. The number of anilines is 1. The van der Waals surface area contributed by atoms with E-state index in [1.165, 1.54) is 12.1 Å². The molecule has 0 aliphatic carbocycles. The summed E-state index contributed by atoms with van der Waals surface area (Å²) in [6.45, 7) is 1.77. The molecule has 0 spiro atoms. The van der Waals surface area contributed by atoms with E-state index in [4.69, 9.17) is 11.6 Å². The van der Waals surface area contributed by atoms with Gasteiger partial charge in [-0.1, -0.05) is 41.9 Å². The number of benzene rings is 2. The summed E-state index contributed by atoms with van der Waals surface area (Å²) in [5.74, 6) is -0.929. The largest absolute Gasteiger partial charge is 0.350 e. The monoisotopic (exact) mass is 398 g/mol. The van der Waals surface area contributed by atoms with Crippen molar-refractivity contribution in [2.45, 2.75) is 19.4 Å². The molecule has 8 heteroatoms. The zero-order chi connectivity index (χ0) is 19.3. The topological polar surface area (TPSA) is 66.5 Å². The number of rotatable bonds is 7. The number of hydrogen-bond acceptors (Lipinski definition) is 3. The highest BCUT2D eigenvalue weighted by molar-refractivity contribution is 7.92. The molecule has 0 aromatic heterocycles. The Bertz CT molecular complexity index is 875. The summed E-state index contributed by atoms with van der Waals surface area (Å²) in [6.07, 6.45) is 0.980. The van der Waals surface area contributed by atoms with E-state index in [1.807, 2.05) is 37.3 Å². The average molecular weight is 399 g/mol. The lowest BCUT2D eigenvalue weighted by atomic mass is 10.1. The molecule has 0 aliphatic heterocycles. The van der Waals surface area contributed by atoms with Crippen molar-refractivity contribution in [1.29, 1.82) is 0 Å². The molecule has 0 radical (unpaired) electrons. The standard InChI is InChI=1S/C18H20ClFN2O3S/c1-13(14-6-4-3-5-7-14)21-18(23)10-11-22(26(2,24)25)15-8-9-17(20)16(19)12-15/h3-9,12-13H,10-11H2,1-2H3,(H,21,23). The van der Waals surface area contributed by atoms with Crippen LogP contribution in [0.3, 0.4) is 0 Å². The molecular weight excluding hydrogens is 379 g/mol. The van der Waals surface area contributed by atoms with E-state index in [9.17, 15) is 17.6 Å². The molecule has 0 bridgehead atoms. The summed E-state index contributed by atoms with van der Waals surface area (Å²) in [5.41, 5.74) is 1.16. The third kappa shape index (κ3) is 5.44. The molecule has 2 aromatic carbocycles. The number of halogens is 2. The molecule has 0 saturated carbocycles. The number of carbonyl (C=O) groups is 1. The molecule has 1 amide bonds. The van der Waals surface area contributed by atoms with Gasteiger partial charge in [0.25, 0.3) is 0 Å². The molecule has 1 N–H and O–H groups in total. The number of sulfonamides is 1. The van der Waals surface area contributed by atoms with E-state index >= 15 is 0 Å². The average Bonchev–Trinajstić information content (AvgIpc) is 2.57. The normalized spacial score (nSPS) is 12.5. The van der Waals surface area contributed by atoms with Gasteiger partial charge in [-0.2, -0.15) is 0 Å². The first-order valence-corrected chi connectivity index (χ1v) is 10.2. The van der Waals surface area contributed by atoms with Gasteiger partial charge in [-0.05, 0) is 30.7 Å². The van der Waals surface area contributed by atoms with Gasteiger partial charge >= 0.3 is 0 Å². The Balaban J connectivity index is 2.05. The first kappa shape index (κ1) is 20.2. The van der Waals surface area contributed by atoms with Crippen molar-refractivity contribution in [2.24, 2.45) is 0 Å². The van der Waals surface area contributed by atoms with Crippen molar-refractivity contribution in [3.63, 3.8) is 0 Å². The Morgan fingerprint density at radius 2 is 1.88 bits per heavy atom. The van der Waals surface area contributed by atoms with Gasteiger partial charge in [-0.15, -0.1) is 0 Å². The van der Waals surface area contributed by atoms with Crippen LogP contribution < -0.4 is 9.62 Å². The first-order chi connectivity index (χ1) is 12.2. The lowest BCUT2D eigenvalue weighted by molar-refractivity contribution is -0.121. The fourth-order valence-corrected chi connectivity index (χ4v) is 3.56. The SMILES string of the molecule is CC(NC(=O)CCN(c1ccc(F)c(Cl)c1)S(C)(=O)=O)c1ccccc1. The van der Waals surface area contributed by atoms with Gasteiger partial charge in [0.2, 0.25) is 15.9 Å². The minimum Gasteiger partial charge on any atom is -0.350 e. The van der Waals surface area contributed by atoms with E-state index in [1.54, 1.807) is 0 Å². The van der Waals surface area contributed by atoms with Gasteiger partial charge in [-0.25, -0.2) is 12.8 Å². The third-order valence-electron chi connectivity index (χ3n) is 3.81. The van der Waals surface area contributed by atoms with Crippen LogP contribution in [-0.2, 0) is 14.8 Å². The summed E-state index contributed by atoms with van der Waals surface area (Å²) in [7, 11) is -3.65. The molecular formula is C18H20ClFN2O3S. The highest BCUT2D eigenvalue weighted by atomic mass is 35.5. The predicted molar refractivity (Wildman–Crippen MR) is 101 cm³/mol. The smallest absolute Gasteiger partial charge is 0.232 e. The van der Waals surface area contributed by atoms with Crippen LogP contribution in [-0.4, -0.2) is 27.1 Å². The van der Waals surface area contributed by atoms with Crippen LogP contribution in [0.1, 0.15) is 24.9 Å². The fraction of sp³-hybridized carbons (Fsp3) is 0.278. The molecule has 140 valence electrons. The van der Waals surface area contributed by atoms with E-state index < -0.39 is 15.8 Å². The Labute approximate surface area is 157 Å². The third-order valence-corrected chi connectivity index (χ3v) is 5.29. The summed E-state index contributed by atoms with van der Waals surface area (Å²) in [6, 6.07) is 12.9. The van der Waals surface area contributed by atoms with Crippen molar-refractivity contribution in [1.82, 2.24) is 5.32 Å². The van der Waals surface area contributed by atoms with Crippen molar-refractivity contribution >= 4 is 33.2 Å². The highest BCUT2D eigenvalue weighted by Crippen LogP contribution is 2.24. The van der Waals surface area contributed by atoms with Crippen LogP contribution in [0.15, 0.2) is 48.5 Å². The maximum absolute atomic E-state index is 13.3. The molecule has 0 aliphatic rings. The molecule has 1 atom stereocenters. The van der Waals surface area contributed by atoms with E-state index in [0.29, 0.717) is 0 Å². The second kappa shape index (κ2) is 8.51. The summed E-state index contributed by atoms with van der Waals surface area (Å²) < 4.78 is 38.4. The fourth-order valence-electron chi connectivity index (χ4n) is 2.47. The van der Waals surface area contributed by atoms with Gasteiger partial charge in [0, 0.05) is 13.0 Å².